The van der Waals surface area contributed by atoms with Crippen LogP contribution in [-0.4, -0.2) is 12.0 Å². The summed E-state index contributed by atoms with van der Waals surface area (Å²) in [5.74, 6) is 3.46. The first-order valence-corrected chi connectivity index (χ1v) is 7.73. The van der Waals surface area contributed by atoms with Crippen molar-refractivity contribution in [2.24, 2.45) is 11.8 Å². The van der Waals surface area contributed by atoms with Gasteiger partial charge in [0.2, 0.25) is 5.92 Å². The standard InChI is InChI=1S/C17H26F2N2/c1-11-8-12(2)15(13(3)9-11)10-16(21-20)14-4-6-17(18,19)7-5-14/h8-9,14,16,21H,4-7,10,20H2,1-3H3. The summed E-state index contributed by atoms with van der Waals surface area (Å²) in [6.45, 7) is 6.31. The third-order valence-corrected chi connectivity index (χ3v) is 4.81. The van der Waals surface area contributed by atoms with Crippen molar-refractivity contribution in [3.8, 4) is 0 Å². The lowest BCUT2D eigenvalue weighted by molar-refractivity contribution is -0.0495. The molecule has 1 atom stereocenters. The van der Waals surface area contributed by atoms with E-state index >= 15 is 0 Å². The number of halogens is 2. The molecule has 0 saturated heterocycles. The lowest BCUT2D eigenvalue weighted by atomic mass is 9.79. The van der Waals surface area contributed by atoms with Crippen LogP contribution in [0.2, 0.25) is 0 Å². The number of hydrogen-bond acceptors (Lipinski definition) is 2. The minimum absolute atomic E-state index is 0.0122. The minimum Gasteiger partial charge on any atom is -0.271 e. The number of hydrogen-bond donors (Lipinski definition) is 2. The number of nitrogens with one attached hydrogen (secondary N) is 1. The highest BCUT2D eigenvalue weighted by molar-refractivity contribution is 5.38. The van der Waals surface area contributed by atoms with Crippen molar-refractivity contribution in [2.45, 2.75) is 64.8 Å². The number of rotatable bonds is 4. The molecule has 1 fully saturated rings. The lowest BCUT2D eigenvalue weighted by Crippen LogP contribution is -2.45. The normalized spacial score (nSPS) is 20.5. The van der Waals surface area contributed by atoms with Crippen molar-refractivity contribution >= 4 is 0 Å². The Kier molecular flexibility index (Phi) is 4.99. The number of nitrogens with two attached hydrogens (primary N) is 1. The average molecular weight is 296 g/mol. The van der Waals surface area contributed by atoms with Crippen LogP contribution in [0, 0.1) is 26.7 Å². The van der Waals surface area contributed by atoms with Gasteiger partial charge in [0.05, 0.1) is 0 Å². The number of aryl methyl sites for hydroxylation is 3. The van der Waals surface area contributed by atoms with Crippen molar-refractivity contribution in [3.05, 3.63) is 34.4 Å². The Bertz CT molecular complexity index is 467. The summed E-state index contributed by atoms with van der Waals surface area (Å²) in [4.78, 5) is 0. The van der Waals surface area contributed by atoms with Crippen molar-refractivity contribution in [2.75, 3.05) is 0 Å². The Morgan fingerprint density at radius 1 is 1.19 bits per heavy atom. The van der Waals surface area contributed by atoms with Crippen molar-refractivity contribution in [1.82, 2.24) is 5.43 Å². The molecule has 1 unspecified atom stereocenters. The molecule has 118 valence electrons. The second-order valence-electron chi connectivity index (χ2n) is 6.55. The molecule has 21 heavy (non-hydrogen) atoms. The zero-order valence-corrected chi connectivity index (χ0v) is 13.2. The molecule has 0 radical (unpaired) electrons. The van der Waals surface area contributed by atoms with E-state index in [9.17, 15) is 8.78 Å². The van der Waals surface area contributed by atoms with Gasteiger partial charge in [-0.1, -0.05) is 17.7 Å². The molecule has 2 rings (SSSR count). The van der Waals surface area contributed by atoms with Gasteiger partial charge in [-0.2, -0.15) is 0 Å². The largest absolute Gasteiger partial charge is 0.271 e. The van der Waals surface area contributed by atoms with Crippen LogP contribution >= 0.6 is 0 Å². The van der Waals surface area contributed by atoms with Gasteiger partial charge in [0.1, 0.15) is 0 Å². The molecule has 1 aromatic carbocycles. The molecule has 1 aliphatic rings. The van der Waals surface area contributed by atoms with E-state index in [-0.39, 0.29) is 24.8 Å². The maximum absolute atomic E-state index is 13.3. The van der Waals surface area contributed by atoms with E-state index in [4.69, 9.17) is 5.84 Å². The molecule has 4 heteroatoms. The van der Waals surface area contributed by atoms with Gasteiger partial charge in [0.25, 0.3) is 0 Å². The monoisotopic (exact) mass is 296 g/mol. The van der Waals surface area contributed by atoms with Gasteiger partial charge < -0.3 is 0 Å². The molecule has 1 aliphatic carbocycles. The first-order valence-electron chi connectivity index (χ1n) is 7.73. The Hall–Kier alpha value is -1.00. The van der Waals surface area contributed by atoms with E-state index in [2.05, 4.69) is 38.3 Å². The van der Waals surface area contributed by atoms with E-state index in [0.717, 1.165) is 6.42 Å². The molecule has 0 aromatic heterocycles. The molecule has 0 amide bonds. The van der Waals surface area contributed by atoms with Crippen LogP contribution in [0.5, 0.6) is 0 Å². The van der Waals surface area contributed by atoms with Crippen molar-refractivity contribution in [3.63, 3.8) is 0 Å². The van der Waals surface area contributed by atoms with Crippen LogP contribution in [0.25, 0.3) is 0 Å². The van der Waals surface area contributed by atoms with Crippen LogP contribution in [0.4, 0.5) is 8.78 Å². The highest BCUT2D eigenvalue weighted by Crippen LogP contribution is 2.38. The van der Waals surface area contributed by atoms with E-state index < -0.39 is 5.92 Å². The first-order chi connectivity index (χ1) is 9.82. The second-order valence-corrected chi connectivity index (χ2v) is 6.55. The fraction of sp³-hybridized carbons (Fsp3) is 0.647. The molecule has 0 spiro atoms. The molecular weight excluding hydrogens is 270 g/mol. The summed E-state index contributed by atoms with van der Waals surface area (Å²) >= 11 is 0. The molecule has 1 saturated carbocycles. The van der Waals surface area contributed by atoms with Gasteiger partial charge in [0.15, 0.2) is 0 Å². The van der Waals surface area contributed by atoms with Crippen LogP contribution in [-0.2, 0) is 6.42 Å². The molecule has 3 N–H and O–H groups in total. The maximum Gasteiger partial charge on any atom is 0.248 e. The molecule has 0 bridgehead atoms. The maximum atomic E-state index is 13.3. The molecule has 1 aromatic rings. The fourth-order valence-corrected chi connectivity index (χ4v) is 3.58. The zero-order valence-electron chi connectivity index (χ0n) is 13.2. The summed E-state index contributed by atoms with van der Waals surface area (Å²) in [5.41, 5.74) is 7.93. The average Bonchev–Trinajstić information content (AvgIpc) is 2.39. The van der Waals surface area contributed by atoms with Crippen molar-refractivity contribution < 1.29 is 8.78 Å². The van der Waals surface area contributed by atoms with Gasteiger partial charge in [-0.05, 0) is 62.6 Å². The minimum atomic E-state index is -2.48. The predicted octanol–water partition coefficient (Wildman–Crippen LogP) is 3.81. The Morgan fingerprint density at radius 2 is 1.71 bits per heavy atom. The third kappa shape index (κ3) is 4.01. The zero-order chi connectivity index (χ0) is 15.6. The summed E-state index contributed by atoms with van der Waals surface area (Å²) < 4.78 is 26.6. The van der Waals surface area contributed by atoms with Crippen LogP contribution in [0.15, 0.2) is 12.1 Å². The second kappa shape index (κ2) is 6.41. The van der Waals surface area contributed by atoms with E-state index in [1.165, 1.54) is 22.3 Å². The van der Waals surface area contributed by atoms with E-state index in [0.29, 0.717) is 12.8 Å². The molecule has 0 heterocycles. The summed E-state index contributed by atoms with van der Waals surface area (Å²) in [6, 6.07) is 4.41. The third-order valence-electron chi connectivity index (χ3n) is 4.81. The van der Waals surface area contributed by atoms with Gasteiger partial charge in [-0.15, -0.1) is 0 Å². The topological polar surface area (TPSA) is 38.0 Å². The lowest BCUT2D eigenvalue weighted by Gasteiger charge is -2.34. The highest BCUT2D eigenvalue weighted by Gasteiger charge is 2.37. The van der Waals surface area contributed by atoms with Crippen molar-refractivity contribution in [1.29, 1.82) is 0 Å². The van der Waals surface area contributed by atoms with Gasteiger partial charge >= 0.3 is 0 Å². The summed E-state index contributed by atoms with van der Waals surface area (Å²) in [7, 11) is 0. The number of hydrazine groups is 1. The predicted molar refractivity (Wildman–Crippen MR) is 82.4 cm³/mol. The highest BCUT2D eigenvalue weighted by atomic mass is 19.3. The summed E-state index contributed by atoms with van der Waals surface area (Å²) in [6.07, 6.45) is 1.88. The summed E-state index contributed by atoms with van der Waals surface area (Å²) in [5, 5.41) is 0. The van der Waals surface area contributed by atoms with E-state index in [1.807, 2.05) is 0 Å². The van der Waals surface area contributed by atoms with Gasteiger partial charge in [0, 0.05) is 18.9 Å². The number of benzene rings is 1. The Labute approximate surface area is 126 Å². The number of alkyl halides is 2. The van der Waals surface area contributed by atoms with E-state index in [1.54, 1.807) is 0 Å². The molecule has 2 nitrogen and oxygen atoms in total. The van der Waals surface area contributed by atoms with Gasteiger partial charge in [-0.25, -0.2) is 8.78 Å². The molecule has 0 aliphatic heterocycles. The van der Waals surface area contributed by atoms with Crippen LogP contribution in [0.3, 0.4) is 0 Å². The Morgan fingerprint density at radius 3 is 2.19 bits per heavy atom. The van der Waals surface area contributed by atoms with Crippen LogP contribution < -0.4 is 11.3 Å². The smallest absolute Gasteiger partial charge is 0.248 e. The van der Waals surface area contributed by atoms with Gasteiger partial charge in [-0.3, -0.25) is 11.3 Å². The first kappa shape index (κ1) is 16.4. The van der Waals surface area contributed by atoms with Crippen LogP contribution in [0.1, 0.15) is 47.9 Å². The quantitative estimate of drug-likeness (QED) is 0.655. The molecular formula is C17H26F2N2. The fourth-order valence-electron chi connectivity index (χ4n) is 3.58. The SMILES string of the molecule is Cc1cc(C)c(CC(NN)C2CCC(F)(F)CC2)c(C)c1. The Balaban J connectivity index is 2.10.